The molecule has 0 spiro atoms. The van der Waals surface area contributed by atoms with Crippen molar-refractivity contribution in [2.24, 2.45) is 0 Å². The number of carbonyl (C=O) groups is 1. The first-order valence-electron chi connectivity index (χ1n) is 6.81. The van der Waals surface area contributed by atoms with Crippen LogP contribution in [0.25, 0.3) is 16.8 Å². The molecular formula is C16H11F3N2O2. The van der Waals surface area contributed by atoms with Gasteiger partial charge in [0.15, 0.2) is 23.1 Å². The summed E-state index contributed by atoms with van der Waals surface area (Å²) in [5, 5.41) is 0. The fraction of sp³-hybridized carbons (Fsp3) is 0.125. The molecule has 0 atom stereocenters. The number of benzene rings is 1. The van der Waals surface area contributed by atoms with Crippen molar-refractivity contribution in [2.75, 3.05) is 6.61 Å². The number of hydrogen-bond donors (Lipinski definition) is 0. The van der Waals surface area contributed by atoms with Gasteiger partial charge >= 0.3 is 5.97 Å². The summed E-state index contributed by atoms with van der Waals surface area (Å²) in [6.07, 6.45) is 2.98. The summed E-state index contributed by atoms with van der Waals surface area (Å²) in [4.78, 5) is 16.1. The second kappa shape index (κ2) is 5.75. The van der Waals surface area contributed by atoms with E-state index in [2.05, 4.69) is 4.98 Å². The lowest BCUT2D eigenvalue weighted by atomic mass is 10.1. The number of esters is 1. The van der Waals surface area contributed by atoms with Gasteiger partial charge in [0.2, 0.25) is 0 Å². The first-order chi connectivity index (χ1) is 11.0. The van der Waals surface area contributed by atoms with Gasteiger partial charge in [-0.15, -0.1) is 0 Å². The molecule has 3 rings (SSSR count). The highest BCUT2D eigenvalue weighted by atomic mass is 19.2. The van der Waals surface area contributed by atoms with Crippen molar-refractivity contribution < 1.29 is 22.7 Å². The molecule has 0 fully saturated rings. The zero-order chi connectivity index (χ0) is 16.6. The molecular weight excluding hydrogens is 309 g/mol. The predicted molar refractivity (Wildman–Crippen MR) is 76.5 cm³/mol. The first-order valence-corrected chi connectivity index (χ1v) is 6.81. The minimum absolute atomic E-state index is 0.00218. The molecule has 0 aliphatic rings. The summed E-state index contributed by atoms with van der Waals surface area (Å²) in [7, 11) is 0. The summed E-state index contributed by atoms with van der Waals surface area (Å²) in [6.45, 7) is 1.72. The van der Waals surface area contributed by atoms with Gasteiger partial charge in [-0.2, -0.15) is 0 Å². The molecule has 2 aromatic heterocycles. The summed E-state index contributed by atoms with van der Waals surface area (Å²) in [5.41, 5.74) is 0.112. The third-order valence-electron chi connectivity index (χ3n) is 3.33. The molecule has 1 aromatic carbocycles. The van der Waals surface area contributed by atoms with Crippen LogP contribution in [0.5, 0.6) is 0 Å². The van der Waals surface area contributed by atoms with Crippen molar-refractivity contribution in [3.8, 4) is 11.3 Å². The SMILES string of the molecule is CCOC(=O)c1ncc2cccn2c1-c1ccc(F)c(F)c1F. The predicted octanol–water partition coefficient (Wildman–Crippen LogP) is 3.60. The van der Waals surface area contributed by atoms with Crippen molar-refractivity contribution >= 4 is 11.5 Å². The lowest BCUT2D eigenvalue weighted by Gasteiger charge is -2.12. The van der Waals surface area contributed by atoms with E-state index in [1.807, 2.05) is 0 Å². The van der Waals surface area contributed by atoms with Gasteiger partial charge in [-0.05, 0) is 31.2 Å². The Morgan fingerprint density at radius 1 is 1.22 bits per heavy atom. The standard InChI is InChI=1S/C16H11F3N2O2/c1-2-23-16(22)14-15(21-7-3-4-9(21)8-20-14)10-5-6-11(17)13(19)12(10)18/h3-8H,2H2,1H3. The minimum atomic E-state index is -1.61. The van der Waals surface area contributed by atoms with Crippen LogP contribution in [0.2, 0.25) is 0 Å². The number of ether oxygens (including phenoxy) is 1. The Morgan fingerprint density at radius 2 is 2.00 bits per heavy atom. The van der Waals surface area contributed by atoms with Gasteiger partial charge in [-0.25, -0.2) is 22.9 Å². The Kier molecular flexibility index (Phi) is 3.77. The molecule has 3 aromatic rings. The normalized spacial score (nSPS) is 11.0. The van der Waals surface area contributed by atoms with Crippen molar-refractivity contribution in [3.63, 3.8) is 0 Å². The van der Waals surface area contributed by atoms with Crippen molar-refractivity contribution in [1.82, 2.24) is 9.38 Å². The molecule has 0 unspecified atom stereocenters. The van der Waals surface area contributed by atoms with Crippen LogP contribution in [0, 0.1) is 17.5 Å². The summed E-state index contributed by atoms with van der Waals surface area (Å²) in [6, 6.07) is 5.20. The highest BCUT2D eigenvalue weighted by Gasteiger charge is 2.24. The van der Waals surface area contributed by atoms with Crippen LogP contribution in [0.15, 0.2) is 36.7 Å². The van der Waals surface area contributed by atoms with Crippen molar-refractivity contribution in [1.29, 1.82) is 0 Å². The molecule has 2 heterocycles. The van der Waals surface area contributed by atoms with Crippen LogP contribution in [-0.2, 0) is 4.74 Å². The smallest absolute Gasteiger partial charge is 0.359 e. The van der Waals surface area contributed by atoms with Crippen LogP contribution in [0.4, 0.5) is 13.2 Å². The van der Waals surface area contributed by atoms with E-state index in [1.165, 1.54) is 10.6 Å². The number of rotatable bonds is 3. The molecule has 7 heteroatoms. The van der Waals surface area contributed by atoms with E-state index >= 15 is 0 Å². The summed E-state index contributed by atoms with van der Waals surface area (Å²) < 4.78 is 47.3. The van der Waals surface area contributed by atoms with Crippen molar-refractivity contribution in [2.45, 2.75) is 6.92 Å². The van der Waals surface area contributed by atoms with Gasteiger partial charge in [0.05, 0.1) is 24.0 Å². The number of carbonyl (C=O) groups excluding carboxylic acids is 1. The van der Waals surface area contributed by atoms with Crippen molar-refractivity contribution in [3.05, 3.63) is 59.8 Å². The van der Waals surface area contributed by atoms with E-state index < -0.39 is 23.4 Å². The van der Waals surface area contributed by atoms with E-state index in [9.17, 15) is 18.0 Å². The molecule has 23 heavy (non-hydrogen) atoms. The number of hydrogen-bond acceptors (Lipinski definition) is 3. The lowest BCUT2D eigenvalue weighted by molar-refractivity contribution is 0.0520. The van der Waals surface area contributed by atoms with Gasteiger partial charge in [0.25, 0.3) is 0 Å². The summed E-state index contributed by atoms with van der Waals surface area (Å²) >= 11 is 0. The highest BCUT2D eigenvalue weighted by Crippen LogP contribution is 2.29. The third kappa shape index (κ3) is 2.44. The lowest BCUT2D eigenvalue weighted by Crippen LogP contribution is -2.12. The monoisotopic (exact) mass is 320 g/mol. The molecule has 0 N–H and O–H groups in total. The summed E-state index contributed by atoms with van der Waals surface area (Å²) in [5.74, 6) is -5.08. The maximum absolute atomic E-state index is 14.2. The van der Waals surface area contributed by atoms with Crippen LogP contribution in [0.3, 0.4) is 0 Å². The van der Waals surface area contributed by atoms with Crippen LogP contribution in [0.1, 0.15) is 17.4 Å². The molecule has 0 aliphatic heterocycles. The van der Waals surface area contributed by atoms with Gasteiger partial charge < -0.3 is 9.14 Å². The molecule has 0 aliphatic carbocycles. The van der Waals surface area contributed by atoms with Crippen LogP contribution >= 0.6 is 0 Å². The number of nitrogens with zero attached hydrogens (tertiary/aromatic N) is 2. The van der Waals surface area contributed by atoms with E-state index in [1.54, 1.807) is 25.3 Å². The largest absolute Gasteiger partial charge is 0.461 e. The van der Waals surface area contributed by atoms with Gasteiger partial charge in [-0.1, -0.05) is 0 Å². The Bertz CT molecular complexity index is 906. The Balaban J connectivity index is 2.34. The minimum Gasteiger partial charge on any atom is -0.461 e. The van der Waals surface area contributed by atoms with Gasteiger partial charge in [0, 0.05) is 11.8 Å². The fourth-order valence-corrected chi connectivity index (χ4v) is 2.32. The number of halogens is 3. The van der Waals surface area contributed by atoms with E-state index in [4.69, 9.17) is 4.74 Å². The Labute approximate surface area is 129 Å². The zero-order valence-electron chi connectivity index (χ0n) is 12.0. The molecule has 0 saturated carbocycles. The average Bonchev–Trinajstić information content (AvgIpc) is 3.01. The molecule has 0 amide bonds. The molecule has 118 valence electrons. The number of fused-ring (bicyclic) bond motifs is 1. The topological polar surface area (TPSA) is 43.6 Å². The van der Waals surface area contributed by atoms with Crippen LogP contribution in [-0.4, -0.2) is 22.0 Å². The van der Waals surface area contributed by atoms with E-state index in [0.717, 1.165) is 12.1 Å². The Morgan fingerprint density at radius 3 is 2.74 bits per heavy atom. The number of aromatic nitrogens is 2. The fourth-order valence-electron chi connectivity index (χ4n) is 2.32. The van der Waals surface area contributed by atoms with Gasteiger partial charge in [-0.3, -0.25) is 0 Å². The average molecular weight is 320 g/mol. The molecule has 0 saturated heterocycles. The van der Waals surface area contributed by atoms with E-state index in [-0.39, 0.29) is 23.6 Å². The quantitative estimate of drug-likeness (QED) is 0.547. The second-order valence-corrected chi connectivity index (χ2v) is 4.70. The van der Waals surface area contributed by atoms with Gasteiger partial charge in [0.1, 0.15) is 0 Å². The van der Waals surface area contributed by atoms with E-state index in [0.29, 0.717) is 5.52 Å². The third-order valence-corrected chi connectivity index (χ3v) is 3.33. The second-order valence-electron chi connectivity index (χ2n) is 4.70. The first kappa shape index (κ1) is 15.1. The molecule has 0 radical (unpaired) electrons. The maximum Gasteiger partial charge on any atom is 0.359 e. The molecule has 4 nitrogen and oxygen atoms in total. The molecule has 0 bridgehead atoms. The highest BCUT2D eigenvalue weighted by molar-refractivity contribution is 5.95. The zero-order valence-corrected chi connectivity index (χ0v) is 12.0. The maximum atomic E-state index is 14.2. The van der Waals surface area contributed by atoms with Crippen LogP contribution < -0.4 is 0 Å². The Hall–Kier alpha value is -2.83.